The molecule has 20 heavy (non-hydrogen) atoms. The maximum atomic E-state index is 12.4. The molecule has 0 heterocycles. The van der Waals surface area contributed by atoms with Gasteiger partial charge in [0.2, 0.25) is 0 Å². The van der Waals surface area contributed by atoms with E-state index in [0.717, 1.165) is 12.1 Å². The van der Waals surface area contributed by atoms with Crippen molar-refractivity contribution in [1.29, 1.82) is 0 Å². The largest absolute Gasteiger partial charge is 0.416 e. The number of halogens is 4. The third-order valence-corrected chi connectivity index (χ3v) is 3.02. The second kappa shape index (κ2) is 7.64. The number of nitrogens with zero attached hydrogens (tertiary/aromatic N) is 1. The molecule has 0 fully saturated rings. The van der Waals surface area contributed by atoms with Gasteiger partial charge in [0.15, 0.2) is 0 Å². The molecule has 0 aliphatic heterocycles. The number of alkyl halides is 4. The number of hydrogen-bond donors (Lipinski definition) is 0. The van der Waals surface area contributed by atoms with Crippen molar-refractivity contribution < 1.29 is 22.7 Å². The highest BCUT2D eigenvalue weighted by molar-refractivity contribution is 9.09. The van der Waals surface area contributed by atoms with E-state index in [-0.39, 0.29) is 11.5 Å². The highest BCUT2D eigenvalue weighted by atomic mass is 79.9. The number of methoxy groups -OCH3 is 1. The second-order valence-corrected chi connectivity index (χ2v) is 4.84. The number of rotatable bonds is 6. The van der Waals surface area contributed by atoms with Gasteiger partial charge >= 0.3 is 6.18 Å². The summed E-state index contributed by atoms with van der Waals surface area (Å²) in [7, 11) is 1.52. The molecule has 7 heteroatoms. The Balaban J connectivity index is 2.83. The van der Waals surface area contributed by atoms with E-state index >= 15 is 0 Å². The summed E-state index contributed by atoms with van der Waals surface area (Å²) in [4.78, 5) is 13.7. The van der Waals surface area contributed by atoms with Gasteiger partial charge in [-0.3, -0.25) is 4.79 Å². The maximum Gasteiger partial charge on any atom is 0.416 e. The maximum absolute atomic E-state index is 12.4. The molecular weight excluding hydrogens is 339 g/mol. The van der Waals surface area contributed by atoms with Crippen LogP contribution in [0.1, 0.15) is 15.9 Å². The van der Waals surface area contributed by atoms with Gasteiger partial charge in [-0.2, -0.15) is 13.2 Å². The number of amides is 1. The fourth-order valence-corrected chi connectivity index (χ4v) is 2.03. The van der Waals surface area contributed by atoms with Crippen molar-refractivity contribution in [2.75, 3.05) is 32.1 Å². The van der Waals surface area contributed by atoms with Crippen LogP contribution in [0.5, 0.6) is 0 Å². The van der Waals surface area contributed by atoms with Gasteiger partial charge in [0.25, 0.3) is 5.91 Å². The van der Waals surface area contributed by atoms with Gasteiger partial charge in [0.1, 0.15) is 0 Å². The topological polar surface area (TPSA) is 29.5 Å². The van der Waals surface area contributed by atoms with Crippen molar-refractivity contribution in [3.8, 4) is 0 Å². The van der Waals surface area contributed by atoms with Crippen molar-refractivity contribution in [2.45, 2.75) is 6.18 Å². The minimum Gasteiger partial charge on any atom is -0.383 e. The average molecular weight is 354 g/mol. The van der Waals surface area contributed by atoms with Gasteiger partial charge in [0.05, 0.1) is 12.2 Å². The second-order valence-electron chi connectivity index (χ2n) is 4.05. The lowest BCUT2D eigenvalue weighted by atomic mass is 10.1. The number of carbonyl (C=O) groups is 1. The summed E-state index contributed by atoms with van der Waals surface area (Å²) >= 11 is 3.24. The highest BCUT2D eigenvalue weighted by Gasteiger charge is 2.30. The first-order valence-corrected chi connectivity index (χ1v) is 7.03. The van der Waals surface area contributed by atoms with Crippen LogP contribution >= 0.6 is 15.9 Å². The van der Waals surface area contributed by atoms with E-state index in [1.54, 1.807) is 0 Å². The molecule has 0 saturated carbocycles. The van der Waals surface area contributed by atoms with Crippen LogP contribution in [0.25, 0.3) is 0 Å². The molecule has 3 nitrogen and oxygen atoms in total. The van der Waals surface area contributed by atoms with Crippen molar-refractivity contribution in [3.05, 3.63) is 35.4 Å². The molecule has 0 atom stereocenters. The van der Waals surface area contributed by atoms with E-state index in [1.807, 2.05) is 0 Å². The number of ether oxygens (including phenoxy) is 1. The van der Waals surface area contributed by atoms with E-state index in [9.17, 15) is 18.0 Å². The van der Waals surface area contributed by atoms with Crippen LogP contribution in [0, 0.1) is 0 Å². The molecule has 0 aliphatic carbocycles. The van der Waals surface area contributed by atoms with Crippen LogP contribution < -0.4 is 0 Å². The Morgan fingerprint density at radius 2 is 1.85 bits per heavy atom. The number of hydrogen-bond acceptors (Lipinski definition) is 2. The van der Waals surface area contributed by atoms with Crippen LogP contribution in [-0.4, -0.2) is 42.9 Å². The molecule has 0 bridgehead atoms. The van der Waals surface area contributed by atoms with Gasteiger partial charge in [-0.25, -0.2) is 0 Å². The fourth-order valence-electron chi connectivity index (χ4n) is 1.60. The zero-order valence-corrected chi connectivity index (χ0v) is 12.5. The van der Waals surface area contributed by atoms with E-state index < -0.39 is 11.7 Å². The molecule has 112 valence electrons. The zero-order valence-electron chi connectivity index (χ0n) is 10.9. The Bertz CT molecular complexity index is 434. The van der Waals surface area contributed by atoms with Crippen molar-refractivity contribution in [3.63, 3.8) is 0 Å². The van der Waals surface area contributed by atoms with Crippen molar-refractivity contribution >= 4 is 21.8 Å². The lowest BCUT2D eigenvalue weighted by molar-refractivity contribution is -0.137. The van der Waals surface area contributed by atoms with Gasteiger partial charge < -0.3 is 9.64 Å². The SMILES string of the molecule is COCCN(CCBr)C(=O)c1ccc(C(F)(F)F)cc1. The number of benzene rings is 1. The first-order chi connectivity index (χ1) is 9.40. The third-order valence-electron chi connectivity index (χ3n) is 2.67. The molecule has 1 amide bonds. The van der Waals surface area contributed by atoms with Crippen LogP contribution in [0.2, 0.25) is 0 Å². The molecule has 0 radical (unpaired) electrons. The Labute approximate surface area is 123 Å². The van der Waals surface area contributed by atoms with Crippen LogP contribution in [0.3, 0.4) is 0 Å². The molecule has 1 rings (SSSR count). The molecule has 0 saturated heterocycles. The highest BCUT2D eigenvalue weighted by Crippen LogP contribution is 2.29. The Morgan fingerprint density at radius 1 is 1.25 bits per heavy atom. The summed E-state index contributed by atoms with van der Waals surface area (Å²) < 4.78 is 42.3. The minimum atomic E-state index is -4.40. The van der Waals surface area contributed by atoms with Crippen molar-refractivity contribution in [1.82, 2.24) is 4.90 Å². The van der Waals surface area contributed by atoms with Crippen molar-refractivity contribution in [2.24, 2.45) is 0 Å². The number of carbonyl (C=O) groups excluding carboxylic acids is 1. The molecule has 0 unspecified atom stereocenters. The summed E-state index contributed by atoms with van der Waals surface area (Å²) in [6, 6.07) is 4.21. The first kappa shape index (κ1) is 17.0. The summed E-state index contributed by atoms with van der Waals surface area (Å²) in [6.45, 7) is 1.23. The van der Waals surface area contributed by atoms with Gasteiger partial charge in [0, 0.05) is 31.1 Å². The smallest absolute Gasteiger partial charge is 0.383 e. The van der Waals surface area contributed by atoms with Gasteiger partial charge in [-0.1, -0.05) is 15.9 Å². The zero-order chi connectivity index (χ0) is 15.2. The minimum absolute atomic E-state index is 0.232. The van der Waals surface area contributed by atoms with Crippen LogP contribution in [-0.2, 0) is 10.9 Å². The Morgan fingerprint density at radius 3 is 2.30 bits per heavy atom. The van der Waals surface area contributed by atoms with E-state index in [1.165, 1.54) is 24.1 Å². The van der Waals surface area contributed by atoms with E-state index in [0.29, 0.717) is 25.0 Å². The van der Waals surface area contributed by atoms with Crippen LogP contribution in [0.4, 0.5) is 13.2 Å². The molecule has 1 aromatic carbocycles. The third kappa shape index (κ3) is 4.79. The summed E-state index contributed by atoms with van der Waals surface area (Å²) in [5.74, 6) is -0.310. The predicted molar refractivity (Wildman–Crippen MR) is 73.0 cm³/mol. The van der Waals surface area contributed by atoms with Gasteiger partial charge in [-0.15, -0.1) is 0 Å². The summed E-state index contributed by atoms with van der Waals surface area (Å²) in [5, 5.41) is 0.586. The fraction of sp³-hybridized carbons (Fsp3) is 0.462. The van der Waals surface area contributed by atoms with E-state index in [2.05, 4.69) is 15.9 Å². The van der Waals surface area contributed by atoms with Crippen LogP contribution in [0.15, 0.2) is 24.3 Å². The molecule has 0 aliphatic rings. The van der Waals surface area contributed by atoms with E-state index in [4.69, 9.17) is 4.74 Å². The summed E-state index contributed by atoms with van der Waals surface area (Å²) in [5.41, 5.74) is -0.534. The molecule has 1 aromatic rings. The predicted octanol–water partition coefficient (Wildman–Crippen LogP) is 3.19. The molecule has 0 N–H and O–H groups in total. The lowest BCUT2D eigenvalue weighted by Gasteiger charge is -2.21. The molecule has 0 aromatic heterocycles. The lowest BCUT2D eigenvalue weighted by Crippen LogP contribution is -2.35. The monoisotopic (exact) mass is 353 g/mol. The standard InChI is InChI=1S/C13H15BrF3NO2/c1-20-9-8-18(7-6-14)12(19)10-2-4-11(5-3-10)13(15,16)17/h2-5H,6-9H2,1H3. The normalized spacial score (nSPS) is 11.4. The quantitative estimate of drug-likeness (QED) is 0.735. The molecule has 0 spiro atoms. The summed E-state index contributed by atoms with van der Waals surface area (Å²) in [6.07, 6.45) is -4.40. The first-order valence-electron chi connectivity index (χ1n) is 5.91. The molecular formula is C13H15BrF3NO2. The van der Waals surface area contributed by atoms with Gasteiger partial charge in [-0.05, 0) is 24.3 Å². The Hall–Kier alpha value is -1.08. The Kier molecular flexibility index (Phi) is 6.48. The average Bonchev–Trinajstić information content (AvgIpc) is 2.42.